The molecule has 7 aromatic carbocycles. The van der Waals surface area contributed by atoms with Crippen molar-refractivity contribution < 1.29 is 40.8 Å². The number of aromatic carboxylic acids is 1. The lowest BCUT2D eigenvalue weighted by atomic mass is 9.76. The van der Waals surface area contributed by atoms with Crippen LogP contribution < -0.4 is 4.18 Å². The molecule has 1 heterocycles. The van der Waals surface area contributed by atoms with Gasteiger partial charge in [0.2, 0.25) is 0 Å². The average Bonchev–Trinajstić information content (AvgIpc) is 3.76. The number of aliphatic hydroxyl groups is 1. The maximum atomic E-state index is 12.9. The minimum Gasteiger partial charge on any atom is -0.478 e. The maximum Gasteiger partial charge on any atom is 0.534 e. The Morgan fingerprint density at radius 1 is 0.656 bits per heavy atom. The van der Waals surface area contributed by atoms with Crippen molar-refractivity contribution in [2.75, 3.05) is 0 Å². The van der Waals surface area contributed by atoms with E-state index in [1.54, 1.807) is 36.7 Å². The molecular weight excluding hydrogens is 802 g/mol. The van der Waals surface area contributed by atoms with Crippen LogP contribution in [0, 0.1) is 5.92 Å². The van der Waals surface area contributed by atoms with E-state index in [4.69, 9.17) is 10.1 Å². The monoisotopic (exact) mass is 842 g/mol. The van der Waals surface area contributed by atoms with Crippen molar-refractivity contribution in [2.24, 2.45) is 5.92 Å². The summed E-state index contributed by atoms with van der Waals surface area (Å²) in [6.45, 7) is 3.99. The van der Waals surface area contributed by atoms with Gasteiger partial charge in [-0.2, -0.15) is 21.6 Å². The maximum absolute atomic E-state index is 12.9. The van der Waals surface area contributed by atoms with E-state index in [1.165, 1.54) is 12.1 Å². The first-order chi connectivity index (χ1) is 29.1. The standard InChI is InChI=1S/C38H33F3N2O4S.C11H8O2/c1-27(2)24-36(44,33-20-18-29-23-34(21-19-28(29)22-33)47-48(45,46)38(39,40)41)35-25-43(26-42-35)37(30-12-6-3-7-13-30,31-14-8-4-9-15-31)32-16-10-5-11-17-32;12-11(13)10-6-5-8-3-1-2-4-9(8)7-10/h3-23,25-27,44H,24H2,1-2H3;1-7H,(H,12,13). The topological polar surface area (TPSA) is 119 Å². The van der Waals surface area contributed by atoms with Crippen LogP contribution in [0.1, 0.15) is 58.6 Å². The number of rotatable bonds is 11. The van der Waals surface area contributed by atoms with Crippen molar-refractivity contribution in [3.05, 3.63) is 216 Å². The fourth-order valence-corrected chi connectivity index (χ4v) is 8.15. The number of fused-ring (bicyclic) bond motifs is 2. The van der Waals surface area contributed by atoms with Crippen molar-refractivity contribution >= 4 is 37.6 Å². The van der Waals surface area contributed by atoms with Gasteiger partial charge in [0.25, 0.3) is 0 Å². The molecule has 0 amide bonds. The molecular formula is C49H41F3N2O6S. The van der Waals surface area contributed by atoms with Crippen LogP contribution >= 0.6 is 0 Å². The van der Waals surface area contributed by atoms with E-state index in [9.17, 15) is 31.5 Å². The molecule has 2 N–H and O–H groups in total. The van der Waals surface area contributed by atoms with Crippen molar-refractivity contribution in [3.8, 4) is 5.75 Å². The molecule has 0 saturated carbocycles. The molecule has 8 nitrogen and oxygen atoms in total. The number of carbonyl (C=O) groups is 1. The normalized spacial score (nSPS) is 13.0. The number of aromatic nitrogens is 2. The number of hydrogen-bond donors (Lipinski definition) is 2. The zero-order chi connectivity index (χ0) is 43.4. The first-order valence-electron chi connectivity index (χ1n) is 19.3. The summed E-state index contributed by atoms with van der Waals surface area (Å²) >= 11 is 0. The fraction of sp³-hybridized carbons (Fsp3) is 0.143. The Hall–Kier alpha value is -6.76. The molecule has 310 valence electrons. The second-order valence-corrected chi connectivity index (χ2v) is 16.5. The molecule has 1 unspecified atom stereocenters. The summed E-state index contributed by atoms with van der Waals surface area (Å²) < 4.78 is 68.2. The molecule has 0 spiro atoms. The van der Waals surface area contributed by atoms with Crippen LogP contribution in [0.15, 0.2) is 182 Å². The van der Waals surface area contributed by atoms with Gasteiger partial charge in [-0.25, -0.2) is 9.78 Å². The molecule has 0 aliphatic carbocycles. The summed E-state index contributed by atoms with van der Waals surface area (Å²) in [5.41, 5.74) is -3.70. The Labute approximate surface area is 351 Å². The lowest BCUT2D eigenvalue weighted by molar-refractivity contribution is -0.0500. The molecule has 0 aliphatic rings. The molecule has 8 rings (SSSR count). The van der Waals surface area contributed by atoms with Crippen LogP contribution in [0.2, 0.25) is 0 Å². The van der Waals surface area contributed by atoms with Gasteiger partial charge >= 0.3 is 21.6 Å². The predicted octanol–water partition coefficient (Wildman–Crippen LogP) is 10.9. The van der Waals surface area contributed by atoms with Gasteiger partial charge in [0.15, 0.2) is 0 Å². The molecule has 12 heteroatoms. The highest BCUT2D eigenvalue weighted by molar-refractivity contribution is 7.88. The Bertz CT molecular complexity index is 2810. The zero-order valence-corrected chi connectivity index (χ0v) is 33.9. The second-order valence-electron chi connectivity index (χ2n) is 15.0. The summed E-state index contributed by atoms with van der Waals surface area (Å²) in [4.78, 5) is 15.5. The van der Waals surface area contributed by atoms with Crippen LogP contribution in [0.4, 0.5) is 13.2 Å². The highest BCUT2D eigenvalue weighted by Crippen LogP contribution is 2.43. The third kappa shape index (κ3) is 8.63. The van der Waals surface area contributed by atoms with E-state index in [0.29, 0.717) is 34.0 Å². The van der Waals surface area contributed by atoms with Gasteiger partial charge in [-0.15, -0.1) is 0 Å². The van der Waals surface area contributed by atoms with E-state index < -0.39 is 38.5 Å². The zero-order valence-electron chi connectivity index (χ0n) is 33.1. The summed E-state index contributed by atoms with van der Waals surface area (Å²) in [6.07, 6.45) is 3.92. The molecule has 8 aromatic rings. The molecule has 0 aliphatic heterocycles. The third-order valence-corrected chi connectivity index (χ3v) is 11.4. The number of carboxylic acid groups (broad SMARTS) is 1. The number of imidazole rings is 1. The van der Waals surface area contributed by atoms with Crippen LogP contribution in [0.3, 0.4) is 0 Å². The molecule has 0 fully saturated rings. The minimum absolute atomic E-state index is 0.0429. The minimum atomic E-state index is -5.82. The summed E-state index contributed by atoms with van der Waals surface area (Å²) in [6, 6.07) is 51.9. The van der Waals surface area contributed by atoms with Crippen molar-refractivity contribution in [2.45, 2.75) is 36.9 Å². The van der Waals surface area contributed by atoms with Crippen LogP contribution in [0.5, 0.6) is 5.75 Å². The lowest BCUT2D eigenvalue weighted by Gasteiger charge is -2.37. The van der Waals surface area contributed by atoms with E-state index in [1.807, 2.05) is 110 Å². The number of halogens is 3. The summed E-state index contributed by atoms with van der Waals surface area (Å²) in [5.74, 6) is -1.31. The first-order valence-corrected chi connectivity index (χ1v) is 20.7. The Balaban J connectivity index is 0.000000366. The smallest absolute Gasteiger partial charge is 0.478 e. The average molecular weight is 843 g/mol. The van der Waals surface area contributed by atoms with Crippen molar-refractivity contribution in [3.63, 3.8) is 0 Å². The van der Waals surface area contributed by atoms with Crippen LogP contribution in [-0.4, -0.2) is 39.7 Å². The Morgan fingerprint density at radius 2 is 1.15 bits per heavy atom. The molecule has 1 atom stereocenters. The van der Waals surface area contributed by atoms with Gasteiger partial charge < -0.3 is 19.0 Å². The van der Waals surface area contributed by atoms with Crippen molar-refractivity contribution in [1.29, 1.82) is 0 Å². The van der Waals surface area contributed by atoms with E-state index in [2.05, 4.69) is 40.6 Å². The van der Waals surface area contributed by atoms with Crippen LogP contribution in [-0.2, 0) is 21.3 Å². The van der Waals surface area contributed by atoms with Gasteiger partial charge in [0.1, 0.15) is 16.9 Å². The third-order valence-electron chi connectivity index (χ3n) is 10.4. The van der Waals surface area contributed by atoms with Crippen LogP contribution in [0.25, 0.3) is 21.5 Å². The van der Waals surface area contributed by atoms with E-state index in [0.717, 1.165) is 33.5 Å². The summed E-state index contributed by atoms with van der Waals surface area (Å²) in [7, 11) is -5.82. The Kier molecular flexibility index (Phi) is 11.9. The van der Waals surface area contributed by atoms with Gasteiger partial charge in [-0.1, -0.05) is 153 Å². The predicted molar refractivity (Wildman–Crippen MR) is 230 cm³/mol. The number of hydrogen-bond acceptors (Lipinski definition) is 6. The van der Waals surface area contributed by atoms with Gasteiger partial charge in [-0.3, -0.25) is 0 Å². The number of carboxylic acids is 1. The highest BCUT2D eigenvalue weighted by atomic mass is 32.2. The first kappa shape index (κ1) is 42.4. The van der Waals surface area contributed by atoms with Gasteiger partial charge in [0.05, 0.1) is 17.6 Å². The van der Waals surface area contributed by atoms with Gasteiger partial charge in [0, 0.05) is 6.20 Å². The molecule has 1 aromatic heterocycles. The lowest BCUT2D eigenvalue weighted by Crippen LogP contribution is -2.37. The van der Waals surface area contributed by atoms with E-state index in [-0.39, 0.29) is 5.92 Å². The molecule has 0 bridgehead atoms. The second kappa shape index (κ2) is 17.1. The molecule has 0 radical (unpaired) electrons. The fourth-order valence-electron chi connectivity index (χ4n) is 7.70. The van der Waals surface area contributed by atoms with Crippen molar-refractivity contribution in [1.82, 2.24) is 9.55 Å². The van der Waals surface area contributed by atoms with Gasteiger partial charge in [-0.05, 0) is 86.5 Å². The quantitative estimate of drug-likeness (QED) is 0.0756. The highest BCUT2D eigenvalue weighted by Gasteiger charge is 2.48. The molecule has 0 saturated heterocycles. The number of nitrogens with zero attached hydrogens (tertiary/aromatic N) is 2. The SMILES string of the molecule is CC(C)CC(O)(c1ccc2cc(OS(=O)(=O)C(F)(F)F)ccc2c1)c1cn(C(c2ccccc2)(c2ccccc2)c2ccccc2)cn1.O=C(O)c1ccc2ccccc2c1. The number of benzene rings is 7. The largest absolute Gasteiger partial charge is 0.534 e. The van der Waals surface area contributed by atoms with E-state index >= 15 is 0 Å². The molecule has 61 heavy (non-hydrogen) atoms. The summed E-state index contributed by atoms with van der Waals surface area (Å²) in [5, 5.41) is 24.3. The Morgan fingerprint density at radius 3 is 1.69 bits per heavy atom. The number of alkyl halides is 3.